The predicted octanol–water partition coefficient (Wildman–Crippen LogP) is 2.73. The van der Waals surface area contributed by atoms with Crippen LogP contribution in [0, 0.1) is 11.6 Å². The molecule has 0 aliphatic carbocycles. The smallest absolute Gasteiger partial charge is 0.340 e. The van der Waals surface area contributed by atoms with Crippen LogP contribution in [0.2, 0.25) is 0 Å². The number of esters is 1. The molecule has 2 heterocycles. The third kappa shape index (κ3) is 2.64. The molecule has 114 valence electrons. The molecule has 0 bridgehead atoms. The van der Waals surface area contributed by atoms with Crippen LogP contribution >= 0.6 is 0 Å². The second-order valence-corrected chi connectivity index (χ2v) is 5.17. The summed E-state index contributed by atoms with van der Waals surface area (Å²) in [5.41, 5.74) is 2.54. The molecule has 1 unspecified atom stereocenters. The molecular weight excluding hydrogens is 290 g/mol. The van der Waals surface area contributed by atoms with Gasteiger partial charge in [-0.15, -0.1) is 0 Å². The zero-order valence-electron chi connectivity index (χ0n) is 11.9. The zero-order valence-corrected chi connectivity index (χ0v) is 11.9. The number of carbonyl (C=O) groups is 1. The van der Waals surface area contributed by atoms with Gasteiger partial charge in [0.2, 0.25) is 0 Å². The normalized spacial score (nSPS) is 16.0. The van der Waals surface area contributed by atoms with Gasteiger partial charge in [0.05, 0.1) is 24.1 Å². The summed E-state index contributed by atoms with van der Waals surface area (Å²) in [4.78, 5) is 16.0. The summed E-state index contributed by atoms with van der Waals surface area (Å²) in [6, 6.07) is 5.42. The van der Waals surface area contributed by atoms with E-state index in [0.29, 0.717) is 29.7 Å². The van der Waals surface area contributed by atoms with Crippen LogP contribution in [0.15, 0.2) is 30.5 Å². The minimum Gasteiger partial charge on any atom is -0.465 e. The van der Waals surface area contributed by atoms with E-state index in [-0.39, 0.29) is 6.04 Å². The number of aromatic nitrogens is 1. The lowest BCUT2D eigenvalue weighted by atomic mass is 10.0. The van der Waals surface area contributed by atoms with E-state index >= 15 is 0 Å². The Labute approximate surface area is 126 Å². The average molecular weight is 304 g/mol. The van der Waals surface area contributed by atoms with Crippen LogP contribution in [0.25, 0.3) is 0 Å². The molecule has 3 rings (SSSR count). The first-order valence-electron chi connectivity index (χ1n) is 6.85. The standard InChI is InChI=1S/C16H14F2N2O2/c1-22-16(21)11-4-5-19-14-8-10(20-15(11)14)6-9-2-3-12(17)13(18)7-9/h2-5,7,10,20H,6,8H2,1H3. The van der Waals surface area contributed by atoms with Gasteiger partial charge in [-0.1, -0.05) is 6.07 Å². The van der Waals surface area contributed by atoms with Crippen LogP contribution in [0.3, 0.4) is 0 Å². The van der Waals surface area contributed by atoms with Crippen molar-refractivity contribution >= 4 is 11.7 Å². The number of carbonyl (C=O) groups excluding carboxylic acids is 1. The highest BCUT2D eigenvalue weighted by Crippen LogP contribution is 2.29. The van der Waals surface area contributed by atoms with Gasteiger partial charge >= 0.3 is 5.97 Å². The third-order valence-corrected chi connectivity index (χ3v) is 3.69. The molecule has 22 heavy (non-hydrogen) atoms. The maximum Gasteiger partial charge on any atom is 0.340 e. The Morgan fingerprint density at radius 1 is 1.36 bits per heavy atom. The molecule has 6 heteroatoms. The van der Waals surface area contributed by atoms with E-state index in [1.807, 2.05) is 0 Å². The Kier molecular flexibility index (Phi) is 3.75. The molecule has 0 saturated heterocycles. The first-order valence-corrected chi connectivity index (χ1v) is 6.85. The van der Waals surface area contributed by atoms with Crippen LogP contribution in [0.5, 0.6) is 0 Å². The molecule has 0 spiro atoms. The van der Waals surface area contributed by atoms with Gasteiger partial charge in [0.15, 0.2) is 11.6 Å². The van der Waals surface area contributed by atoms with E-state index in [2.05, 4.69) is 10.3 Å². The number of hydrogen-bond acceptors (Lipinski definition) is 4. The first kappa shape index (κ1) is 14.4. The van der Waals surface area contributed by atoms with Crippen LogP contribution in [0.1, 0.15) is 21.6 Å². The number of methoxy groups -OCH3 is 1. The van der Waals surface area contributed by atoms with Gasteiger partial charge in [0, 0.05) is 18.7 Å². The Hall–Kier alpha value is -2.50. The van der Waals surface area contributed by atoms with Crippen LogP contribution in [-0.4, -0.2) is 24.1 Å². The number of nitrogens with one attached hydrogen (secondary N) is 1. The molecule has 2 aromatic rings. The fourth-order valence-corrected chi connectivity index (χ4v) is 2.66. The van der Waals surface area contributed by atoms with Crippen LogP contribution in [-0.2, 0) is 17.6 Å². The van der Waals surface area contributed by atoms with E-state index in [0.717, 1.165) is 11.8 Å². The molecule has 1 aliphatic rings. The van der Waals surface area contributed by atoms with Crippen molar-refractivity contribution in [2.24, 2.45) is 0 Å². The maximum absolute atomic E-state index is 13.3. The van der Waals surface area contributed by atoms with E-state index < -0.39 is 17.6 Å². The predicted molar refractivity (Wildman–Crippen MR) is 76.8 cm³/mol. The van der Waals surface area contributed by atoms with Gasteiger partial charge < -0.3 is 10.1 Å². The number of benzene rings is 1. The van der Waals surface area contributed by atoms with Crippen molar-refractivity contribution in [2.75, 3.05) is 12.4 Å². The molecule has 1 atom stereocenters. The highest BCUT2D eigenvalue weighted by atomic mass is 19.2. The number of halogens is 2. The van der Waals surface area contributed by atoms with Gasteiger partial charge in [-0.05, 0) is 30.2 Å². The number of hydrogen-bond donors (Lipinski definition) is 1. The Bertz CT molecular complexity index is 734. The molecule has 0 fully saturated rings. The number of anilines is 1. The van der Waals surface area contributed by atoms with E-state index in [1.165, 1.54) is 13.2 Å². The number of nitrogens with zero attached hydrogens (tertiary/aromatic N) is 1. The van der Waals surface area contributed by atoms with Crippen molar-refractivity contribution in [3.63, 3.8) is 0 Å². The monoisotopic (exact) mass is 304 g/mol. The Morgan fingerprint density at radius 2 is 2.18 bits per heavy atom. The highest BCUT2D eigenvalue weighted by Gasteiger charge is 2.27. The second kappa shape index (κ2) is 5.71. The van der Waals surface area contributed by atoms with Crippen molar-refractivity contribution in [1.29, 1.82) is 0 Å². The quantitative estimate of drug-likeness (QED) is 0.886. The summed E-state index contributed by atoms with van der Waals surface area (Å²) in [6.07, 6.45) is 2.68. The lowest BCUT2D eigenvalue weighted by Crippen LogP contribution is -2.19. The minimum absolute atomic E-state index is 0.0295. The van der Waals surface area contributed by atoms with Crippen molar-refractivity contribution in [3.8, 4) is 0 Å². The average Bonchev–Trinajstić information content (AvgIpc) is 2.92. The molecule has 1 aliphatic heterocycles. The molecule has 1 aromatic heterocycles. The molecule has 1 aromatic carbocycles. The van der Waals surface area contributed by atoms with Crippen LogP contribution < -0.4 is 5.32 Å². The summed E-state index contributed by atoms with van der Waals surface area (Å²) < 4.78 is 31.0. The number of pyridine rings is 1. The molecule has 4 nitrogen and oxygen atoms in total. The molecule has 1 N–H and O–H groups in total. The van der Waals surface area contributed by atoms with Gasteiger partial charge in [0.25, 0.3) is 0 Å². The van der Waals surface area contributed by atoms with Crippen molar-refractivity contribution in [1.82, 2.24) is 4.98 Å². The summed E-state index contributed by atoms with van der Waals surface area (Å²) in [7, 11) is 1.32. The molecular formula is C16H14F2N2O2. The Balaban J connectivity index is 1.79. The molecule has 0 amide bonds. The highest BCUT2D eigenvalue weighted by molar-refractivity contribution is 5.96. The van der Waals surface area contributed by atoms with E-state index in [1.54, 1.807) is 18.3 Å². The van der Waals surface area contributed by atoms with E-state index in [9.17, 15) is 13.6 Å². The molecule has 0 radical (unpaired) electrons. The van der Waals surface area contributed by atoms with Crippen molar-refractivity contribution < 1.29 is 18.3 Å². The second-order valence-electron chi connectivity index (χ2n) is 5.17. The summed E-state index contributed by atoms with van der Waals surface area (Å²) in [5, 5.41) is 3.22. The van der Waals surface area contributed by atoms with Crippen molar-refractivity contribution in [3.05, 3.63) is 58.9 Å². The third-order valence-electron chi connectivity index (χ3n) is 3.69. The lowest BCUT2D eigenvalue weighted by Gasteiger charge is -2.12. The Morgan fingerprint density at radius 3 is 2.91 bits per heavy atom. The van der Waals surface area contributed by atoms with Gasteiger partial charge in [-0.2, -0.15) is 0 Å². The van der Waals surface area contributed by atoms with Crippen LogP contribution in [0.4, 0.5) is 14.5 Å². The van der Waals surface area contributed by atoms with E-state index in [4.69, 9.17) is 4.74 Å². The van der Waals surface area contributed by atoms with Gasteiger partial charge in [0.1, 0.15) is 0 Å². The number of rotatable bonds is 3. The fourth-order valence-electron chi connectivity index (χ4n) is 2.66. The summed E-state index contributed by atoms with van der Waals surface area (Å²) in [6.45, 7) is 0. The number of fused-ring (bicyclic) bond motifs is 1. The summed E-state index contributed by atoms with van der Waals surface area (Å²) >= 11 is 0. The minimum atomic E-state index is -0.860. The zero-order chi connectivity index (χ0) is 15.7. The van der Waals surface area contributed by atoms with Crippen molar-refractivity contribution in [2.45, 2.75) is 18.9 Å². The SMILES string of the molecule is COC(=O)c1ccnc2c1NC(Cc1ccc(F)c(F)c1)C2. The van der Waals surface area contributed by atoms with Gasteiger partial charge in [-0.3, -0.25) is 4.98 Å². The lowest BCUT2D eigenvalue weighted by molar-refractivity contribution is 0.0601. The largest absolute Gasteiger partial charge is 0.465 e. The molecule has 0 saturated carbocycles. The summed E-state index contributed by atoms with van der Waals surface area (Å²) in [5.74, 6) is -2.15. The fraction of sp³-hybridized carbons (Fsp3) is 0.250. The van der Waals surface area contributed by atoms with Gasteiger partial charge in [-0.25, -0.2) is 13.6 Å². The maximum atomic E-state index is 13.3. The topological polar surface area (TPSA) is 51.2 Å². The number of ether oxygens (including phenoxy) is 1. The first-order chi connectivity index (χ1) is 10.6.